The molecule has 0 radical (unpaired) electrons. The molecule has 1 aromatic carbocycles. The molecule has 0 spiro atoms. The second-order valence-corrected chi connectivity index (χ2v) is 4.96. The molecule has 1 rings (SSSR count). The monoisotopic (exact) mass is 235 g/mol. The lowest BCUT2D eigenvalue weighted by atomic mass is 10.1. The second kappa shape index (κ2) is 7.46. The van der Waals surface area contributed by atoms with Crippen molar-refractivity contribution >= 4 is 0 Å². The van der Waals surface area contributed by atoms with Crippen LogP contribution in [0.15, 0.2) is 30.3 Å². The van der Waals surface area contributed by atoms with E-state index in [1.54, 1.807) is 0 Å². The maximum Gasteiger partial charge on any atom is 0.0468 e. The van der Waals surface area contributed by atoms with Crippen molar-refractivity contribution in [2.24, 2.45) is 5.92 Å². The van der Waals surface area contributed by atoms with Crippen LogP contribution in [-0.2, 0) is 6.54 Å². The van der Waals surface area contributed by atoms with E-state index in [0.717, 1.165) is 19.5 Å². The van der Waals surface area contributed by atoms with Crippen LogP contribution in [-0.4, -0.2) is 29.2 Å². The minimum Gasteiger partial charge on any atom is -0.396 e. The maximum absolute atomic E-state index is 9.18. The number of aliphatic hydroxyl groups excluding tert-OH is 1. The Morgan fingerprint density at radius 3 is 2.35 bits per heavy atom. The van der Waals surface area contributed by atoms with E-state index >= 15 is 0 Å². The average Bonchev–Trinajstić information content (AvgIpc) is 2.38. The molecule has 0 saturated carbocycles. The number of aliphatic hydroxyl groups is 1. The highest BCUT2D eigenvalue weighted by Gasteiger charge is 2.15. The summed E-state index contributed by atoms with van der Waals surface area (Å²) in [6.07, 6.45) is 1.14. The normalized spacial score (nSPS) is 14.9. The van der Waals surface area contributed by atoms with Gasteiger partial charge < -0.3 is 5.11 Å². The van der Waals surface area contributed by atoms with Gasteiger partial charge in [0, 0.05) is 25.7 Å². The third-order valence-corrected chi connectivity index (χ3v) is 3.30. The molecule has 1 N–H and O–H groups in total. The quantitative estimate of drug-likeness (QED) is 0.785. The van der Waals surface area contributed by atoms with E-state index in [1.165, 1.54) is 5.56 Å². The van der Waals surface area contributed by atoms with Gasteiger partial charge in [-0.15, -0.1) is 0 Å². The molecule has 0 fully saturated rings. The Morgan fingerprint density at radius 2 is 1.82 bits per heavy atom. The summed E-state index contributed by atoms with van der Waals surface area (Å²) >= 11 is 0. The highest BCUT2D eigenvalue weighted by Crippen LogP contribution is 2.12. The molecule has 0 amide bonds. The van der Waals surface area contributed by atoms with Gasteiger partial charge in [-0.3, -0.25) is 4.90 Å². The molecule has 0 saturated heterocycles. The fourth-order valence-electron chi connectivity index (χ4n) is 1.93. The molecule has 1 aromatic rings. The van der Waals surface area contributed by atoms with Crippen molar-refractivity contribution in [2.45, 2.75) is 39.8 Å². The standard InChI is InChI=1S/C15H25NO/c1-4-14(3)16(10-13(2)12-17)11-15-8-6-5-7-9-15/h5-9,13-14,17H,4,10-12H2,1-3H3. The second-order valence-electron chi connectivity index (χ2n) is 4.96. The van der Waals surface area contributed by atoms with Crippen LogP contribution < -0.4 is 0 Å². The molecule has 2 nitrogen and oxygen atoms in total. The van der Waals surface area contributed by atoms with Crippen LogP contribution in [0, 0.1) is 5.92 Å². The van der Waals surface area contributed by atoms with Gasteiger partial charge in [0.25, 0.3) is 0 Å². The van der Waals surface area contributed by atoms with Gasteiger partial charge in [0.15, 0.2) is 0 Å². The minimum absolute atomic E-state index is 0.266. The van der Waals surface area contributed by atoms with Gasteiger partial charge in [-0.05, 0) is 24.8 Å². The molecule has 0 aromatic heterocycles. The summed E-state index contributed by atoms with van der Waals surface area (Å²) in [5.74, 6) is 0.340. The van der Waals surface area contributed by atoms with Crippen molar-refractivity contribution in [1.29, 1.82) is 0 Å². The van der Waals surface area contributed by atoms with Crippen LogP contribution in [0.3, 0.4) is 0 Å². The summed E-state index contributed by atoms with van der Waals surface area (Å²) in [7, 11) is 0. The van der Waals surface area contributed by atoms with Crippen molar-refractivity contribution in [1.82, 2.24) is 4.90 Å². The molecule has 0 aliphatic heterocycles. The predicted molar refractivity (Wildman–Crippen MR) is 72.9 cm³/mol. The number of rotatable bonds is 7. The molecule has 0 aliphatic carbocycles. The van der Waals surface area contributed by atoms with E-state index < -0.39 is 0 Å². The van der Waals surface area contributed by atoms with E-state index in [-0.39, 0.29) is 6.61 Å². The van der Waals surface area contributed by atoms with Gasteiger partial charge in [-0.1, -0.05) is 44.2 Å². The average molecular weight is 235 g/mol. The Balaban J connectivity index is 2.63. The van der Waals surface area contributed by atoms with Gasteiger partial charge in [-0.25, -0.2) is 0 Å². The SMILES string of the molecule is CCC(C)N(Cc1ccccc1)CC(C)CO. The first kappa shape index (κ1) is 14.2. The van der Waals surface area contributed by atoms with E-state index in [9.17, 15) is 5.11 Å². The highest BCUT2D eigenvalue weighted by molar-refractivity contribution is 5.14. The molecule has 0 heterocycles. The summed E-state index contributed by atoms with van der Waals surface area (Å²) in [5, 5.41) is 9.18. The first-order valence-electron chi connectivity index (χ1n) is 6.56. The smallest absolute Gasteiger partial charge is 0.0468 e. The Hall–Kier alpha value is -0.860. The number of benzene rings is 1. The van der Waals surface area contributed by atoms with Crippen molar-refractivity contribution in [3.8, 4) is 0 Å². The molecule has 0 bridgehead atoms. The Morgan fingerprint density at radius 1 is 1.18 bits per heavy atom. The third-order valence-electron chi connectivity index (χ3n) is 3.30. The lowest BCUT2D eigenvalue weighted by Gasteiger charge is -2.30. The van der Waals surface area contributed by atoms with Crippen molar-refractivity contribution in [2.75, 3.05) is 13.2 Å². The Labute approximate surface area is 105 Å². The van der Waals surface area contributed by atoms with Crippen LogP contribution in [0.1, 0.15) is 32.8 Å². The van der Waals surface area contributed by atoms with Gasteiger partial charge in [0.1, 0.15) is 0 Å². The minimum atomic E-state index is 0.266. The maximum atomic E-state index is 9.18. The zero-order valence-electron chi connectivity index (χ0n) is 11.3. The lowest BCUT2D eigenvalue weighted by Crippen LogP contribution is -2.36. The van der Waals surface area contributed by atoms with E-state index in [1.807, 2.05) is 6.07 Å². The topological polar surface area (TPSA) is 23.5 Å². The van der Waals surface area contributed by atoms with E-state index in [0.29, 0.717) is 12.0 Å². The van der Waals surface area contributed by atoms with Gasteiger partial charge in [0.05, 0.1) is 0 Å². The van der Waals surface area contributed by atoms with E-state index in [2.05, 4.69) is 49.9 Å². The summed E-state index contributed by atoms with van der Waals surface area (Å²) in [4.78, 5) is 2.45. The summed E-state index contributed by atoms with van der Waals surface area (Å²) < 4.78 is 0. The van der Waals surface area contributed by atoms with Crippen LogP contribution in [0.25, 0.3) is 0 Å². The zero-order valence-corrected chi connectivity index (χ0v) is 11.3. The lowest BCUT2D eigenvalue weighted by molar-refractivity contribution is 0.134. The molecular formula is C15H25NO. The molecule has 17 heavy (non-hydrogen) atoms. The first-order chi connectivity index (χ1) is 8.17. The number of hydrogen-bond acceptors (Lipinski definition) is 2. The van der Waals surface area contributed by atoms with Gasteiger partial charge in [0.2, 0.25) is 0 Å². The van der Waals surface area contributed by atoms with Gasteiger partial charge >= 0.3 is 0 Å². The van der Waals surface area contributed by atoms with Crippen LogP contribution in [0.2, 0.25) is 0 Å². The van der Waals surface area contributed by atoms with Crippen LogP contribution in [0.5, 0.6) is 0 Å². The van der Waals surface area contributed by atoms with Crippen LogP contribution in [0.4, 0.5) is 0 Å². The third kappa shape index (κ3) is 4.88. The number of hydrogen-bond donors (Lipinski definition) is 1. The molecule has 2 atom stereocenters. The molecule has 0 aliphatic rings. The highest BCUT2D eigenvalue weighted by atomic mass is 16.3. The molecule has 96 valence electrons. The molecule has 2 unspecified atom stereocenters. The number of nitrogens with zero attached hydrogens (tertiary/aromatic N) is 1. The van der Waals surface area contributed by atoms with E-state index in [4.69, 9.17) is 0 Å². The fraction of sp³-hybridized carbons (Fsp3) is 0.600. The van der Waals surface area contributed by atoms with Crippen molar-refractivity contribution < 1.29 is 5.11 Å². The fourth-order valence-corrected chi connectivity index (χ4v) is 1.93. The van der Waals surface area contributed by atoms with Crippen LogP contribution >= 0.6 is 0 Å². The summed E-state index contributed by atoms with van der Waals surface area (Å²) in [6, 6.07) is 11.1. The Bertz CT molecular complexity index is 299. The van der Waals surface area contributed by atoms with Crippen molar-refractivity contribution in [3.63, 3.8) is 0 Å². The molecule has 2 heteroatoms. The summed E-state index contributed by atoms with van der Waals surface area (Å²) in [6.45, 7) is 8.77. The predicted octanol–water partition coefficient (Wildman–Crippen LogP) is 2.92. The zero-order chi connectivity index (χ0) is 12.7. The Kier molecular flexibility index (Phi) is 6.23. The summed E-state index contributed by atoms with van der Waals surface area (Å²) in [5.41, 5.74) is 1.35. The molecular weight excluding hydrogens is 210 g/mol. The van der Waals surface area contributed by atoms with Gasteiger partial charge in [-0.2, -0.15) is 0 Å². The van der Waals surface area contributed by atoms with Crippen molar-refractivity contribution in [3.05, 3.63) is 35.9 Å². The largest absolute Gasteiger partial charge is 0.396 e. The first-order valence-corrected chi connectivity index (χ1v) is 6.56.